The first-order valence-electron chi connectivity index (χ1n) is 9.55. The first-order chi connectivity index (χ1) is 12.7. The Morgan fingerprint density at radius 1 is 0.897 bits per heavy atom. The van der Waals surface area contributed by atoms with Gasteiger partial charge in [-0.3, -0.25) is 6.08 Å². The third-order valence-corrected chi connectivity index (χ3v) is 4.32. The van der Waals surface area contributed by atoms with Gasteiger partial charge in [0.2, 0.25) is 0 Å². The summed E-state index contributed by atoms with van der Waals surface area (Å²) < 4.78 is 1.51. The van der Waals surface area contributed by atoms with Gasteiger partial charge in [0, 0.05) is 0 Å². The van der Waals surface area contributed by atoms with E-state index in [0.29, 0.717) is 11.3 Å². The number of hydrogen-bond donors (Lipinski definition) is 0. The minimum atomic E-state index is 0. The minimum Gasteiger partial charge on any atom is -0.147 e. The van der Waals surface area contributed by atoms with E-state index in [4.69, 9.17) is 0 Å². The van der Waals surface area contributed by atoms with Crippen LogP contribution in [-0.4, -0.2) is 3.21 Å². The van der Waals surface area contributed by atoms with Crippen molar-refractivity contribution in [2.24, 2.45) is 11.3 Å². The van der Waals surface area contributed by atoms with Crippen molar-refractivity contribution in [1.29, 1.82) is 0 Å². The summed E-state index contributed by atoms with van der Waals surface area (Å²) in [6, 6.07) is 19.3. The Kier molecular flexibility index (Phi) is 12.4. The molecule has 3 aromatic carbocycles. The van der Waals surface area contributed by atoms with Crippen molar-refractivity contribution < 1.29 is 24.2 Å². The molecule has 1 unspecified atom stereocenters. The smallest absolute Gasteiger partial charge is 0.0771 e. The fourth-order valence-corrected chi connectivity index (χ4v) is 2.96. The van der Waals surface area contributed by atoms with E-state index in [-0.39, 0.29) is 24.8 Å². The molecule has 0 radical (unpaired) electrons. The first kappa shape index (κ1) is 28.1. The molecule has 0 saturated carbocycles. The second kappa shape index (κ2) is 12.7. The van der Waals surface area contributed by atoms with E-state index in [1.54, 1.807) is 24.2 Å². The van der Waals surface area contributed by atoms with E-state index in [9.17, 15) is 0 Å². The van der Waals surface area contributed by atoms with Crippen LogP contribution in [0.1, 0.15) is 41.5 Å². The summed E-state index contributed by atoms with van der Waals surface area (Å²) >= 11 is 1.55. The van der Waals surface area contributed by atoms with Crippen LogP contribution < -0.4 is 0 Å². The Morgan fingerprint density at radius 3 is 1.62 bits per heavy atom. The molecule has 3 aromatic rings. The molecule has 29 heavy (non-hydrogen) atoms. The Morgan fingerprint density at radius 2 is 1.31 bits per heavy atom. The van der Waals surface area contributed by atoms with Gasteiger partial charge in [-0.1, -0.05) is 75.4 Å². The molecule has 0 saturated heterocycles. The molecule has 0 bridgehead atoms. The molecule has 0 fully saturated rings. The summed E-state index contributed by atoms with van der Waals surface area (Å²) in [5.74, 6) is 0.522. The maximum absolute atomic E-state index is 3.26. The van der Waals surface area contributed by atoms with Crippen molar-refractivity contribution in [3.8, 4) is 0 Å². The van der Waals surface area contributed by atoms with Gasteiger partial charge < -0.3 is 0 Å². The van der Waals surface area contributed by atoms with Crippen LogP contribution in [0, 0.1) is 17.4 Å². The van der Waals surface area contributed by atoms with Gasteiger partial charge >= 0.3 is 41.3 Å². The molecule has 0 amide bonds. The molecule has 0 N–H and O–H groups in total. The summed E-state index contributed by atoms with van der Waals surface area (Å²) in [4.78, 5) is 0. The monoisotopic (exact) mass is 504 g/mol. The van der Waals surface area contributed by atoms with E-state index >= 15 is 0 Å². The van der Waals surface area contributed by atoms with Gasteiger partial charge in [-0.25, -0.2) is 6.08 Å². The van der Waals surface area contributed by atoms with Crippen LogP contribution in [0.5, 0.6) is 0 Å². The number of halogens is 2. The molecule has 1 atom stereocenters. The third-order valence-electron chi connectivity index (χ3n) is 4.32. The Hall–Kier alpha value is -0.877. The molecule has 1 aliphatic rings. The number of fused-ring (bicyclic) bond motifs is 3. The predicted molar refractivity (Wildman–Crippen MR) is 132 cm³/mol. The molecule has 0 heterocycles. The van der Waals surface area contributed by atoms with Crippen LogP contribution in [0.25, 0.3) is 21.5 Å². The maximum atomic E-state index is 3.26. The predicted octanol–water partition coefficient (Wildman–Crippen LogP) is 8.27. The summed E-state index contributed by atoms with van der Waals surface area (Å²) in [6.45, 7) is 13.1. The Labute approximate surface area is 204 Å². The van der Waals surface area contributed by atoms with Crippen molar-refractivity contribution in [1.82, 2.24) is 0 Å². The molecule has 0 spiro atoms. The van der Waals surface area contributed by atoms with Gasteiger partial charge in [0.15, 0.2) is 0 Å². The normalized spacial score (nSPS) is 14.6. The zero-order chi connectivity index (χ0) is 20.0. The standard InChI is InChI=1S/C13H9.C10H15.C3H6.2ClH.Zr/c1-3-7-12-10(5-1)9-11-6-2-4-8-13(11)12;1-8-5-6-9(7-8)10(2,3)4;1-3-2;;;/h1-9H;6-8H,1-4H3;1-2H3;2*1H;/q2*-1;;;;+2. The second-order valence-corrected chi connectivity index (χ2v) is 10.7. The van der Waals surface area contributed by atoms with Gasteiger partial charge in [-0.05, 0) is 0 Å². The van der Waals surface area contributed by atoms with E-state index in [2.05, 4.69) is 114 Å². The largest absolute Gasteiger partial charge is 0.147 e. The van der Waals surface area contributed by atoms with Crippen LogP contribution in [-0.2, 0) is 24.2 Å². The van der Waals surface area contributed by atoms with Gasteiger partial charge in [0.1, 0.15) is 0 Å². The Balaban J connectivity index is 0.000000443. The summed E-state index contributed by atoms with van der Waals surface area (Å²) in [7, 11) is 0. The topological polar surface area (TPSA) is 0 Å². The van der Waals surface area contributed by atoms with E-state index in [1.165, 1.54) is 30.3 Å². The number of rotatable bonds is 0. The van der Waals surface area contributed by atoms with Gasteiger partial charge in [0.25, 0.3) is 0 Å². The summed E-state index contributed by atoms with van der Waals surface area (Å²) in [6.07, 6.45) is 7.65. The second-order valence-electron chi connectivity index (χ2n) is 8.29. The quantitative estimate of drug-likeness (QED) is 0.269. The third kappa shape index (κ3) is 8.79. The molecule has 0 aliphatic heterocycles. The van der Waals surface area contributed by atoms with Crippen molar-refractivity contribution in [3.63, 3.8) is 0 Å². The SMILES string of the molecule is CC1[C-]=CC(C(C)(C)C)=C1.C[C](C)=[Zr+2].Cl.Cl.c1ccc2c(c1)[cH-]c1ccccc12. The van der Waals surface area contributed by atoms with Gasteiger partial charge in [-0.2, -0.15) is 11.6 Å². The molecular formula is C26H32Cl2Zr. The number of allylic oxidation sites excluding steroid dienone is 4. The van der Waals surface area contributed by atoms with Crippen LogP contribution in [0.2, 0.25) is 0 Å². The van der Waals surface area contributed by atoms with Crippen LogP contribution >= 0.6 is 24.8 Å². The van der Waals surface area contributed by atoms with Crippen molar-refractivity contribution in [2.75, 3.05) is 0 Å². The van der Waals surface area contributed by atoms with Gasteiger partial charge in [-0.15, -0.1) is 64.6 Å². The van der Waals surface area contributed by atoms with E-state index in [1.807, 2.05) is 0 Å². The Bertz CT molecular complexity index is 917. The molecule has 4 rings (SSSR count). The average molecular weight is 507 g/mol. The molecular weight excluding hydrogens is 474 g/mol. The fourth-order valence-electron chi connectivity index (χ4n) is 2.96. The minimum absolute atomic E-state index is 0. The van der Waals surface area contributed by atoms with Crippen molar-refractivity contribution in [3.05, 3.63) is 78.4 Å². The van der Waals surface area contributed by atoms with Crippen LogP contribution in [0.3, 0.4) is 0 Å². The molecule has 0 nitrogen and oxygen atoms in total. The molecule has 1 aliphatic carbocycles. The van der Waals surface area contributed by atoms with Crippen LogP contribution in [0.4, 0.5) is 0 Å². The van der Waals surface area contributed by atoms with Crippen molar-refractivity contribution >= 4 is 49.6 Å². The first-order valence-corrected chi connectivity index (χ1v) is 10.8. The van der Waals surface area contributed by atoms with E-state index < -0.39 is 0 Å². The average Bonchev–Trinajstić information content (AvgIpc) is 3.18. The maximum Gasteiger partial charge on any atom is -0.0771 e. The fraction of sp³-hybridized carbons (Fsp3) is 0.308. The zero-order valence-corrected chi connectivity index (χ0v) is 22.3. The molecule has 0 aromatic heterocycles. The van der Waals surface area contributed by atoms with Crippen LogP contribution in [0.15, 0.2) is 72.3 Å². The zero-order valence-electron chi connectivity index (χ0n) is 18.2. The van der Waals surface area contributed by atoms with Gasteiger partial charge in [0.05, 0.1) is 0 Å². The summed E-state index contributed by atoms with van der Waals surface area (Å²) in [5.41, 5.74) is 1.72. The molecule has 154 valence electrons. The number of hydrogen-bond acceptors (Lipinski definition) is 0. The molecule has 3 heteroatoms. The van der Waals surface area contributed by atoms with E-state index in [0.717, 1.165) is 0 Å². The van der Waals surface area contributed by atoms with Crippen molar-refractivity contribution in [2.45, 2.75) is 41.5 Å². The summed E-state index contributed by atoms with van der Waals surface area (Å²) in [5, 5.41) is 5.39. The number of benzene rings is 2.